The number of nitrogens with one attached hydrogen (secondary N) is 1. The molecule has 1 aliphatic carbocycles. The van der Waals surface area contributed by atoms with Crippen molar-refractivity contribution in [2.75, 3.05) is 19.7 Å². The van der Waals surface area contributed by atoms with Crippen LogP contribution < -0.4 is 5.32 Å². The molecule has 2 amide bonds. The third-order valence-electron chi connectivity index (χ3n) is 5.97. The van der Waals surface area contributed by atoms with Crippen molar-refractivity contribution in [2.24, 2.45) is 5.92 Å². The predicted molar refractivity (Wildman–Crippen MR) is 94.0 cm³/mol. The van der Waals surface area contributed by atoms with Gasteiger partial charge in [-0.3, -0.25) is 9.59 Å². The molecule has 1 aromatic rings. The van der Waals surface area contributed by atoms with Gasteiger partial charge >= 0.3 is 0 Å². The van der Waals surface area contributed by atoms with Crippen LogP contribution in [-0.4, -0.2) is 48.6 Å². The molecule has 0 bridgehead atoms. The summed E-state index contributed by atoms with van der Waals surface area (Å²) in [4.78, 5) is 26.7. The van der Waals surface area contributed by atoms with Gasteiger partial charge in [0.05, 0.1) is 12.1 Å². The maximum Gasteiger partial charge on any atom is 0.246 e. The molecule has 2 aliphatic heterocycles. The predicted octanol–water partition coefficient (Wildman–Crippen LogP) is 2.08. The fourth-order valence-electron chi connectivity index (χ4n) is 4.65. The molecule has 4 rings (SSSR count). The highest BCUT2D eigenvalue weighted by molar-refractivity contribution is 5.79. The van der Waals surface area contributed by atoms with E-state index < -0.39 is 0 Å². The van der Waals surface area contributed by atoms with Gasteiger partial charge in [0.1, 0.15) is 6.61 Å². The molecule has 1 N–H and O–H groups in total. The van der Waals surface area contributed by atoms with Gasteiger partial charge in [0.25, 0.3) is 0 Å². The number of fused-ring (bicyclic) bond motifs is 1. The molecule has 0 spiro atoms. The summed E-state index contributed by atoms with van der Waals surface area (Å²) in [5, 5.41) is 2.91. The largest absolute Gasteiger partial charge is 0.365 e. The average Bonchev–Trinajstić information content (AvgIpc) is 3.22. The van der Waals surface area contributed by atoms with Crippen LogP contribution in [0.5, 0.6) is 0 Å². The van der Waals surface area contributed by atoms with Gasteiger partial charge in [-0.15, -0.1) is 0 Å². The Hall–Kier alpha value is -1.88. The van der Waals surface area contributed by atoms with E-state index in [2.05, 4.69) is 17.4 Å². The van der Waals surface area contributed by atoms with E-state index >= 15 is 0 Å². The Kier molecular flexibility index (Phi) is 4.75. The van der Waals surface area contributed by atoms with Crippen molar-refractivity contribution in [1.82, 2.24) is 10.2 Å². The van der Waals surface area contributed by atoms with Crippen LogP contribution in [0.15, 0.2) is 30.3 Å². The minimum atomic E-state index is -0.117. The van der Waals surface area contributed by atoms with E-state index in [1.807, 2.05) is 23.1 Å². The summed E-state index contributed by atoms with van der Waals surface area (Å²) in [6, 6.07) is 10.2. The first-order chi connectivity index (χ1) is 12.2. The number of carbonyl (C=O) groups excluding carboxylic acids is 2. The highest BCUT2D eigenvalue weighted by Gasteiger charge is 2.46. The van der Waals surface area contributed by atoms with Crippen molar-refractivity contribution in [3.05, 3.63) is 35.9 Å². The van der Waals surface area contributed by atoms with E-state index in [-0.39, 0.29) is 36.5 Å². The number of carbonyl (C=O) groups is 2. The van der Waals surface area contributed by atoms with E-state index in [1.165, 1.54) is 31.2 Å². The smallest absolute Gasteiger partial charge is 0.246 e. The number of hydrogen-bond acceptors (Lipinski definition) is 3. The van der Waals surface area contributed by atoms with Gasteiger partial charge in [-0.25, -0.2) is 0 Å². The topological polar surface area (TPSA) is 58.6 Å². The van der Waals surface area contributed by atoms with Crippen molar-refractivity contribution in [2.45, 2.75) is 50.2 Å². The number of likely N-dealkylation sites (tertiary alicyclic amines) is 1. The molecule has 0 radical (unpaired) electrons. The van der Waals surface area contributed by atoms with Gasteiger partial charge in [0.15, 0.2) is 0 Å². The van der Waals surface area contributed by atoms with Crippen molar-refractivity contribution >= 4 is 11.8 Å². The Bertz CT molecular complexity index is 627. The molecule has 2 heterocycles. The Morgan fingerprint density at radius 2 is 1.96 bits per heavy atom. The molecule has 3 fully saturated rings. The van der Waals surface area contributed by atoms with Crippen molar-refractivity contribution in [3.63, 3.8) is 0 Å². The van der Waals surface area contributed by atoms with Crippen LogP contribution >= 0.6 is 0 Å². The van der Waals surface area contributed by atoms with Gasteiger partial charge in [0.2, 0.25) is 11.8 Å². The molecule has 3 atom stereocenters. The van der Waals surface area contributed by atoms with Crippen molar-refractivity contribution in [3.8, 4) is 0 Å². The van der Waals surface area contributed by atoms with Crippen LogP contribution in [-0.2, 0) is 14.3 Å². The molecule has 2 saturated heterocycles. The number of amides is 2. The molecule has 1 aromatic carbocycles. The summed E-state index contributed by atoms with van der Waals surface area (Å²) in [7, 11) is 0. The third-order valence-corrected chi connectivity index (χ3v) is 5.97. The van der Waals surface area contributed by atoms with Crippen LogP contribution in [0.4, 0.5) is 0 Å². The minimum Gasteiger partial charge on any atom is -0.365 e. The number of benzene rings is 1. The Labute approximate surface area is 148 Å². The fourth-order valence-corrected chi connectivity index (χ4v) is 4.65. The molecule has 1 saturated carbocycles. The minimum absolute atomic E-state index is 0.0643. The van der Waals surface area contributed by atoms with Gasteiger partial charge < -0.3 is 15.0 Å². The van der Waals surface area contributed by atoms with E-state index in [1.54, 1.807) is 0 Å². The van der Waals surface area contributed by atoms with Gasteiger partial charge in [-0.1, -0.05) is 43.2 Å². The second-order valence-electron chi connectivity index (χ2n) is 7.56. The molecule has 5 heteroatoms. The fraction of sp³-hybridized carbons (Fsp3) is 0.600. The van der Waals surface area contributed by atoms with E-state index in [9.17, 15) is 9.59 Å². The zero-order valence-electron chi connectivity index (χ0n) is 14.5. The quantitative estimate of drug-likeness (QED) is 0.915. The maximum absolute atomic E-state index is 13.0. The maximum atomic E-state index is 13.0. The summed E-state index contributed by atoms with van der Waals surface area (Å²) >= 11 is 0. The number of nitrogens with zero attached hydrogens (tertiary/aromatic N) is 1. The standard InChI is InChI=1S/C20H26N2O3/c23-18-13-25-20-16(15-8-2-1-3-9-15)12-22(17(20)11-21-18)19(24)10-14-6-4-5-7-14/h1-3,8-9,14,16-17,20H,4-7,10-13H2,(H,21,23)/t16-,17-,20-/m1/s1. The molecule has 134 valence electrons. The second-order valence-corrected chi connectivity index (χ2v) is 7.56. The second kappa shape index (κ2) is 7.16. The number of hydrogen-bond donors (Lipinski definition) is 1. The molecular formula is C20H26N2O3. The first-order valence-electron chi connectivity index (χ1n) is 9.45. The van der Waals surface area contributed by atoms with Crippen LogP contribution in [0.2, 0.25) is 0 Å². The highest BCUT2D eigenvalue weighted by Crippen LogP contribution is 2.37. The van der Waals surface area contributed by atoms with E-state index in [4.69, 9.17) is 4.74 Å². The van der Waals surface area contributed by atoms with E-state index in [0.29, 0.717) is 25.4 Å². The first-order valence-corrected chi connectivity index (χ1v) is 9.45. The van der Waals surface area contributed by atoms with Gasteiger partial charge in [-0.2, -0.15) is 0 Å². The summed E-state index contributed by atoms with van der Waals surface area (Å²) in [6.07, 6.45) is 5.35. The number of ether oxygens (including phenoxy) is 1. The van der Waals surface area contributed by atoms with Crippen LogP contribution in [0.1, 0.15) is 43.6 Å². The van der Waals surface area contributed by atoms with Gasteiger partial charge in [-0.05, 0) is 24.3 Å². The highest BCUT2D eigenvalue weighted by atomic mass is 16.5. The van der Waals surface area contributed by atoms with Crippen LogP contribution in [0.3, 0.4) is 0 Å². The Morgan fingerprint density at radius 1 is 1.20 bits per heavy atom. The van der Waals surface area contributed by atoms with Gasteiger partial charge in [0, 0.05) is 25.4 Å². The lowest BCUT2D eigenvalue weighted by Gasteiger charge is -2.27. The summed E-state index contributed by atoms with van der Waals surface area (Å²) < 4.78 is 5.95. The number of rotatable bonds is 3. The molecular weight excluding hydrogens is 316 g/mol. The normalized spacial score (nSPS) is 30.0. The Morgan fingerprint density at radius 3 is 2.72 bits per heavy atom. The zero-order valence-corrected chi connectivity index (χ0v) is 14.5. The lowest BCUT2D eigenvalue weighted by molar-refractivity contribution is -0.133. The zero-order chi connectivity index (χ0) is 17.2. The third kappa shape index (κ3) is 3.43. The SMILES string of the molecule is O=C1CO[C@@H]2[C@@H](c3ccccc3)CN(C(=O)CC3CCCC3)[C@@H]2CN1. The van der Waals surface area contributed by atoms with Crippen LogP contribution in [0.25, 0.3) is 0 Å². The van der Waals surface area contributed by atoms with Crippen molar-refractivity contribution in [1.29, 1.82) is 0 Å². The molecule has 3 aliphatic rings. The monoisotopic (exact) mass is 342 g/mol. The average molecular weight is 342 g/mol. The molecule has 0 aromatic heterocycles. The molecule has 5 nitrogen and oxygen atoms in total. The summed E-state index contributed by atoms with van der Waals surface area (Å²) in [5.74, 6) is 0.791. The lowest BCUT2D eigenvalue weighted by atomic mass is 9.93. The van der Waals surface area contributed by atoms with Crippen LogP contribution in [0, 0.1) is 5.92 Å². The molecule has 25 heavy (non-hydrogen) atoms. The summed E-state index contributed by atoms with van der Waals surface area (Å²) in [5.41, 5.74) is 1.18. The van der Waals surface area contributed by atoms with E-state index in [0.717, 1.165) is 0 Å². The summed E-state index contributed by atoms with van der Waals surface area (Å²) in [6.45, 7) is 1.25. The first kappa shape index (κ1) is 16.6. The van der Waals surface area contributed by atoms with Crippen molar-refractivity contribution < 1.29 is 14.3 Å². The molecule has 0 unspecified atom stereocenters. The Balaban J connectivity index is 1.56. The lowest BCUT2D eigenvalue weighted by Crippen LogP contribution is -2.45.